The fourth-order valence-corrected chi connectivity index (χ4v) is 6.16. The second-order valence-electron chi connectivity index (χ2n) is 10.4. The molecule has 0 radical (unpaired) electrons. The van der Waals surface area contributed by atoms with E-state index in [9.17, 15) is 6.85 Å². The second-order valence-corrected chi connectivity index (χ2v) is 10.4. The van der Waals surface area contributed by atoms with Crippen LogP contribution in [0.1, 0.15) is 22.0 Å². The van der Waals surface area contributed by atoms with Gasteiger partial charge in [-0.2, -0.15) is 0 Å². The van der Waals surface area contributed by atoms with Crippen LogP contribution in [0, 0.1) is 0 Å². The summed E-state index contributed by atoms with van der Waals surface area (Å²) < 4.78 is 116. The number of allylic oxidation sites excluding steroid dienone is 4. The lowest BCUT2D eigenvalue weighted by atomic mass is 9.81. The van der Waals surface area contributed by atoms with Gasteiger partial charge < -0.3 is 4.42 Å². The quantitative estimate of drug-likeness (QED) is 0.139. The molecule has 0 aliphatic rings. The highest BCUT2D eigenvalue weighted by atomic mass is 16.3. The Morgan fingerprint density at radius 1 is 0.556 bits per heavy atom. The van der Waals surface area contributed by atoms with E-state index in [1.807, 2.05) is 12.1 Å². The van der Waals surface area contributed by atoms with Crippen LogP contribution in [0.2, 0.25) is 0 Å². The number of para-hydroxylation sites is 1. The Labute approximate surface area is 279 Å². The van der Waals surface area contributed by atoms with E-state index in [4.69, 9.17) is 14.0 Å². The van der Waals surface area contributed by atoms with Crippen molar-refractivity contribution in [3.63, 3.8) is 0 Å². The topological polar surface area (TPSA) is 13.1 Å². The normalized spacial score (nSPS) is 15.6. The second kappa shape index (κ2) is 11.0. The minimum atomic E-state index is -0.646. The predicted molar refractivity (Wildman–Crippen MR) is 193 cm³/mol. The minimum absolute atomic E-state index is 0.0109. The van der Waals surface area contributed by atoms with E-state index in [1.165, 1.54) is 0 Å². The maximum absolute atomic E-state index is 9.59. The van der Waals surface area contributed by atoms with Crippen LogP contribution < -0.4 is 0 Å². The maximum Gasteiger partial charge on any atom is 0.136 e. The molecular formula is C44H30O. The van der Waals surface area contributed by atoms with Crippen molar-refractivity contribution < 1.29 is 20.9 Å². The molecule has 0 N–H and O–H groups in total. The van der Waals surface area contributed by atoms with E-state index in [1.54, 1.807) is 72.8 Å². The van der Waals surface area contributed by atoms with Gasteiger partial charge in [-0.05, 0) is 72.6 Å². The van der Waals surface area contributed by atoms with Crippen molar-refractivity contribution >= 4 is 49.1 Å². The summed E-state index contributed by atoms with van der Waals surface area (Å²) in [6.07, 6.45) is 4.85. The Balaban J connectivity index is 1.81. The Hall–Kier alpha value is -5.92. The van der Waals surface area contributed by atoms with E-state index in [0.717, 1.165) is 0 Å². The van der Waals surface area contributed by atoms with Crippen LogP contribution in [-0.4, -0.2) is 0 Å². The van der Waals surface area contributed by atoms with Gasteiger partial charge >= 0.3 is 0 Å². The molecule has 0 fully saturated rings. The Morgan fingerprint density at radius 2 is 1.16 bits per heavy atom. The average molecular weight is 587 g/mol. The lowest BCUT2D eigenvalue weighted by molar-refractivity contribution is 0.669. The van der Waals surface area contributed by atoms with E-state index >= 15 is 0 Å². The van der Waals surface area contributed by atoms with Crippen LogP contribution in [0.15, 0.2) is 175 Å². The Kier molecular flexibility index (Phi) is 4.10. The van der Waals surface area contributed by atoms with Crippen molar-refractivity contribution in [2.24, 2.45) is 0 Å². The molecule has 8 rings (SSSR count). The molecule has 0 bridgehead atoms. The van der Waals surface area contributed by atoms with Gasteiger partial charge in [-0.15, -0.1) is 0 Å². The molecule has 0 spiro atoms. The van der Waals surface area contributed by atoms with Crippen LogP contribution >= 0.6 is 0 Å². The number of furan rings is 1. The van der Waals surface area contributed by atoms with Crippen LogP contribution in [0.5, 0.6) is 0 Å². The molecule has 0 saturated heterocycles. The van der Waals surface area contributed by atoms with Crippen LogP contribution in [-0.2, 0) is 0 Å². The summed E-state index contributed by atoms with van der Waals surface area (Å²) in [4.78, 5) is 0. The van der Waals surface area contributed by atoms with Crippen LogP contribution in [0.25, 0.3) is 82.4 Å². The molecule has 7 aromatic carbocycles. The zero-order valence-corrected chi connectivity index (χ0v) is 23.9. The van der Waals surface area contributed by atoms with Gasteiger partial charge in [0.2, 0.25) is 0 Å². The molecule has 1 heteroatoms. The standard InChI is InChI=1S/C44H30O/c1-3-16-29(4-2)32-27-28-40-43(38-25-14-15-26-39(38)45-40)44(32)42-36-23-12-10-21-34(36)41(35-22-11-13-24-37(35)42)33-20-9-8-19-31(33)30-17-6-5-7-18-30/h3-28H,1-2H2/b29-16+/i8D,9D,10D,11D,12D,13D,19D,20D,21D,22D,23D,24D. The molecule has 212 valence electrons. The van der Waals surface area contributed by atoms with Crippen molar-refractivity contribution in [1.29, 1.82) is 0 Å². The molecule has 45 heavy (non-hydrogen) atoms. The van der Waals surface area contributed by atoms with Crippen molar-refractivity contribution in [3.8, 4) is 33.4 Å². The van der Waals surface area contributed by atoms with Gasteiger partial charge in [0.05, 0.1) is 16.4 Å². The van der Waals surface area contributed by atoms with E-state index in [2.05, 4.69) is 13.2 Å². The van der Waals surface area contributed by atoms with Crippen molar-refractivity contribution in [3.05, 3.63) is 176 Å². The summed E-state index contributed by atoms with van der Waals surface area (Å²) in [7, 11) is 0. The molecule has 0 aliphatic heterocycles. The number of hydrogen-bond acceptors (Lipinski definition) is 1. The smallest absolute Gasteiger partial charge is 0.136 e. The summed E-state index contributed by atoms with van der Waals surface area (Å²) in [6.45, 7) is 7.91. The number of rotatable bonds is 6. The third-order valence-corrected chi connectivity index (χ3v) is 8.00. The zero-order valence-electron chi connectivity index (χ0n) is 35.9. The minimum Gasteiger partial charge on any atom is -0.456 e. The number of hydrogen-bond donors (Lipinski definition) is 0. The van der Waals surface area contributed by atoms with Crippen LogP contribution in [0.3, 0.4) is 0 Å². The first-order valence-corrected chi connectivity index (χ1v) is 14.3. The largest absolute Gasteiger partial charge is 0.456 e. The lowest BCUT2D eigenvalue weighted by Gasteiger charge is -2.21. The highest BCUT2D eigenvalue weighted by molar-refractivity contribution is 6.27. The third-order valence-electron chi connectivity index (χ3n) is 8.00. The van der Waals surface area contributed by atoms with Crippen molar-refractivity contribution in [2.45, 2.75) is 0 Å². The monoisotopic (exact) mass is 586 g/mol. The first kappa shape index (κ1) is 16.8. The Bertz CT molecular complexity index is 3040. The lowest BCUT2D eigenvalue weighted by Crippen LogP contribution is -1.95. The molecular weight excluding hydrogens is 544 g/mol. The highest BCUT2D eigenvalue weighted by Crippen LogP contribution is 2.50. The first-order chi connectivity index (χ1) is 27.3. The fourth-order valence-electron chi connectivity index (χ4n) is 6.16. The fraction of sp³-hybridized carbons (Fsp3) is 0. The highest BCUT2D eigenvalue weighted by Gasteiger charge is 2.24. The molecule has 1 heterocycles. The van der Waals surface area contributed by atoms with E-state index in [-0.39, 0.29) is 43.8 Å². The number of fused-ring (bicyclic) bond motifs is 5. The van der Waals surface area contributed by atoms with Gasteiger partial charge in [0.1, 0.15) is 11.2 Å². The average Bonchev–Trinajstić information content (AvgIpc) is 3.61. The van der Waals surface area contributed by atoms with E-state index < -0.39 is 72.5 Å². The van der Waals surface area contributed by atoms with Gasteiger partial charge in [0.25, 0.3) is 0 Å². The maximum atomic E-state index is 9.59. The number of benzene rings is 7. The zero-order chi connectivity index (χ0) is 40.8. The van der Waals surface area contributed by atoms with Gasteiger partial charge in [0.15, 0.2) is 0 Å². The molecule has 0 atom stereocenters. The van der Waals surface area contributed by atoms with Crippen molar-refractivity contribution in [2.75, 3.05) is 0 Å². The third kappa shape index (κ3) is 4.24. The summed E-state index contributed by atoms with van der Waals surface area (Å²) in [6, 6.07) is 12.2. The molecule has 0 aliphatic carbocycles. The van der Waals surface area contributed by atoms with Gasteiger partial charge in [-0.25, -0.2) is 0 Å². The summed E-state index contributed by atoms with van der Waals surface area (Å²) in [5.41, 5.74) is 2.28. The molecule has 8 aromatic rings. The Morgan fingerprint density at radius 3 is 1.82 bits per heavy atom. The summed E-state index contributed by atoms with van der Waals surface area (Å²) in [5, 5.41) is 0.490. The SMILES string of the molecule is [2H]c1c([2H])c([2H])c(-c2c3c([2H])c([2H])c([2H])c([2H])c3c(-c3c(/C(C=C)=C/C=C)ccc4oc5ccccc5c34)c3c([2H])c([2H])c([2H])c([2H])c23)c(-c2ccccc2)c1[2H]. The van der Waals surface area contributed by atoms with Gasteiger partial charge in [0, 0.05) is 16.3 Å². The molecule has 1 aromatic heterocycles. The molecule has 0 saturated carbocycles. The molecule has 1 nitrogen and oxygen atoms in total. The predicted octanol–water partition coefficient (Wildman–Crippen LogP) is 12.6. The molecule has 0 amide bonds. The molecule has 0 unspecified atom stereocenters. The summed E-state index contributed by atoms with van der Waals surface area (Å²) in [5.74, 6) is 0. The van der Waals surface area contributed by atoms with Crippen LogP contribution in [0.4, 0.5) is 0 Å². The van der Waals surface area contributed by atoms with Gasteiger partial charge in [-0.1, -0.05) is 158 Å². The summed E-state index contributed by atoms with van der Waals surface area (Å²) >= 11 is 0. The van der Waals surface area contributed by atoms with Crippen molar-refractivity contribution in [1.82, 2.24) is 0 Å². The van der Waals surface area contributed by atoms with E-state index in [0.29, 0.717) is 44.2 Å². The van der Waals surface area contributed by atoms with Gasteiger partial charge in [-0.3, -0.25) is 0 Å². The first-order valence-electron chi connectivity index (χ1n) is 20.3.